The van der Waals surface area contributed by atoms with Crippen LogP contribution in [0.5, 0.6) is 0 Å². The molecule has 1 aliphatic heterocycles. The minimum absolute atomic E-state index is 0.275. The zero-order chi connectivity index (χ0) is 7.40. The van der Waals surface area contributed by atoms with Crippen LogP contribution in [0.15, 0.2) is 24.0 Å². The van der Waals surface area contributed by atoms with Crippen molar-refractivity contribution in [2.45, 2.75) is 12.8 Å². The highest BCUT2D eigenvalue weighted by Gasteiger charge is 2.01. The molecule has 0 unspecified atom stereocenters. The average molecular weight is 138 g/mol. The Balaban J connectivity index is 2.41. The first-order valence-corrected chi connectivity index (χ1v) is 3.16. The van der Waals surface area contributed by atoms with E-state index < -0.39 is 0 Å². The predicted octanol–water partition coefficient (Wildman–Crippen LogP) is 0.253. The van der Waals surface area contributed by atoms with Gasteiger partial charge < -0.3 is 11.1 Å². The number of amides is 1. The third kappa shape index (κ3) is 1.93. The molecule has 0 aromatic rings. The van der Waals surface area contributed by atoms with Gasteiger partial charge in [0.15, 0.2) is 0 Å². The number of allylic oxidation sites excluding steroid dienone is 1. The molecule has 0 saturated carbocycles. The Labute approximate surface area is 59.6 Å². The number of dihydropyridines is 1. The number of hydrogen-bond acceptors (Lipinski definition) is 2. The van der Waals surface area contributed by atoms with E-state index in [1.807, 2.05) is 18.5 Å². The summed E-state index contributed by atoms with van der Waals surface area (Å²) in [6.07, 6.45) is 6.79. The summed E-state index contributed by atoms with van der Waals surface area (Å²) in [6, 6.07) is 0. The van der Waals surface area contributed by atoms with Crippen LogP contribution in [-0.2, 0) is 4.79 Å². The fourth-order valence-corrected chi connectivity index (χ4v) is 0.850. The molecule has 1 amide bonds. The van der Waals surface area contributed by atoms with Crippen molar-refractivity contribution in [1.82, 2.24) is 5.32 Å². The maximum absolute atomic E-state index is 10.4. The van der Waals surface area contributed by atoms with Gasteiger partial charge in [-0.05, 0) is 18.2 Å². The molecule has 1 heterocycles. The lowest BCUT2D eigenvalue weighted by atomic mass is 10.1. The monoisotopic (exact) mass is 138 g/mol. The van der Waals surface area contributed by atoms with E-state index in [0.717, 1.165) is 12.0 Å². The van der Waals surface area contributed by atoms with Crippen molar-refractivity contribution in [3.63, 3.8) is 0 Å². The van der Waals surface area contributed by atoms with Gasteiger partial charge in [0.25, 0.3) is 0 Å². The SMILES string of the molecule is NC(=O)CC1=CNC=CC1. The van der Waals surface area contributed by atoms with Crippen molar-refractivity contribution in [1.29, 1.82) is 0 Å². The highest BCUT2D eigenvalue weighted by Crippen LogP contribution is 2.08. The minimum Gasteiger partial charge on any atom is -0.369 e. The van der Waals surface area contributed by atoms with Gasteiger partial charge >= 0.3 is 0 Å². The van der Waals surface area contributed by atoms with E-state index in [4.69, 9.17) is 5.73 Å². The van der Waals surface area contributed by atoms with Gasteiger partial charge in [-0.15, -0.1) is 0 Å². The second-order valence-electron chi connectivity index (χ2n) is 2.22. The van der Waals surface area contributed by atoms with Gasteiger partial charge in [-0.2, -0.15) is 0 Å². The molecule has 3 nitrogen and oxygen atoms in total. The van der Waals surface area contributed by atoms with Crippen molar-refractivity contribution in [2.75, 3.05) is 0 Å². The number of nitrogens with one attached hydrogen (secondary N) is 1. The number of carbonyl (C=O) groups excluding carboxylic acids is 1. The molecule has 10 heavy (non-hydrogen) atoms. The molecular weight excluding hydrogens is 128 g/mol. The zero-order valence-electron chi connectivity index (χ0n) is 5.63. The van der Waals surface area contributed by atoms with Crippen LogP contribution in [0.2, 0.25) is 0 Å². The molecule has 0 spiro atoms. The Hall–Kier alpha value is -1.25. The van der Waals surface area contributed by atoms with Crippen molar-refractivity contribution in [2.24, 2.45) is 5.73 Å². The van der Waals surface area contributed by atoms with Crippen LogP contribution < -0.4 is 11.1 Å². The molecule has 1 rings (SSSR count). The van der Waals surface area contributed by atoms with Gasteiger partial charge in [-0.1, -0.05) is 6.08 Å². The Morgan fingerprint density at radius 1 is 1.80 bits per heavy atom. The van der Waals surface area contributed by atoms with E-state index in [2.05, 4.69) is 5.32 Å². The molecule has 0 aromatic heterocycles. The lowest BCUT2D eigenvalue weighted by molar-refractivity contribution is -0.117. The molecule has 54 valence electrons. The fourth-order valence-electron chi connectivity index (χ4n) is 0.850. The topological polar surface area (TPSA) is 55.1 Å². The number of rotatable bonds is 2. The Morgan fingerprint density at radius 3 is 3.10 bits per heavy atom. The highest BCUT2D eigenvalue weighted by molar-refractivity contribution is 5.76. The second-order valence-corrected chi connectivity index (χ2v) is 2.22. The molecule has 1 aliphatic rings. The van der Waals surface area contributed by atoms with Crippen LogP contribution in [-0.4, -0.2) is 5.91 Å². The lowest BCUT2D eigenvalue weighted by Crippen LogP contribution is -2.13. The summed E-state index contributed by atoms with van der Waals surface area (Å²) in [7, 11) is 0. The van der Waals surface area contributed by atoms with Crippen LogP contribution in [0.3, 0.4) is 0 Å². The van der Waals surface area contributed by atoms with E-state index >= 15 is 0 Å². The maximum atomic E-state index is 10.4. The van der Waals surface area contributed by atoms with Gasteiger partial charge in [-0.3, -0.25) is 4.79 Å². The van der Waals surface area contributed by atoms with Gasteiger partial charge in [0.2, 0.25) is 5.91 Å². The molecule has 3 N–H and O–H groups in total. The Bertz CT molecular complexity index is 194. The van der Waals surface area contributed by atoms with Crippen molar-refractivity contribution in [3.05, 3.63) is 24.0 Å². The number of hydrogen-bond donors (Lipinski definition) is 2. The molecule has 0 aromatic carbocycles. The summed E-state index contributed by atoms with van der Waals surface area (Å²) >= 11 is 0. The Morgan fingerprint density at radius 2 is 2.60 bits per heavy atom. The van der Waals surface area contributed by atoms with Gasteiger partial charge in [0, 0.05) is 12.6 Å². The van der Waals surface area contributed by atoms with E-state index in [1.54, 1.807) is 0 Å². The van der Waals surface area contributed by atoms with E-state index in [9.17, 15) is 4.79 Å². The summed E-state index contributed by atoms with van der Waals surface area (Å²) in [5.74, 6) is -0.275. The standard InChI is InChI=1S/C7H10N2O/c8-7(10)4-6-2-1-3-9-5-6/h1,3,5,9H,2,4H2,(H2,8,10). The van der Waals surface area contributed by atoms with Crippen molar-refractivity contribution in [3.8, 4) is 0 Å². The summed E-state index contributed by atoms with van der Waals surface area (Å²) < 4.78 is 0. The quantitative estimate of drug-likeness (QED) is 0.574. The fraction of sp³-hybridized carbons (Fsp3) is 0.286. The van der Waals surface area contributed by atoms with Gasteiger partial charge in [0.05, 0.1) is 0 Å². The second kappa shape index (κ2) is 3.06. The first kappa shape index (κ1) is 6.86. The molecule has 0 bridgehead atoms. The minimum atomic E-state index is -0.275. The molecule has 0 aliphatic carbocycles. The van der Waals surface area contributed by atoms with Crippen molar-refractivity contribution >= 4 is 5.91 Å². The summed E-state index contributed by atoms with van der Waals surface area (Å²) in [6.45, 7) is 0. The number of nitrogens with two attached hydrogens (primary N) is 1. The van der Waals surface area contributed by atoms with Crippen LogP contribution in [0.4, 0.5) is 0 Å². The van der Waals surface area contributed by atoms with Crippen LogP contribution in [0.25, 0.3) is 0 Å². The van der Waals surface area contributed by atoms with Crippen LogP contribution in [0.1, 0.15) is 12.8 Å². The van der Waals surface area contributed by atoms with Gasteiger partial charge in [0.1, 0.15) is 0 Å². The summed E-state index contributed by atoms with van der Waals surface area (Å²) in [5, 5.41) is 2.89. The zero-order valence-corrected chi connectivity index (χ0v) is 5.63. The smallest absolute Gasteiger partial charge is 0.221 e. The highest BCUT2D eigenvalue weighted by atomic mass is 16.1. The normalized spacial score (nSPS) is 15.8. The van der Waals surface area contributed by atoms with E-state index in [1.165, 1.54) is 0 Å². The maximum Gasteiger partial charge on any atom is 0.221 e. The number of carbonyl (C=O) groups is 1. The molecule has 0 atom stereocenters. The molecule has 3 heteroatoms. The molecule has 0 fully saturated rings. The largest absolute Gasteiger partial charge is 0.369 e. The Kier molecular flexibility index (Phi) is 2.10. The number of primary amides is 1. The van der Waals surface area contributed by atoms with Gasteiger partial charge in [-0.25, -0.2) is 0 Å². The van der Waals surface area contributed by atoms with E-state index in [0.29, 0.717) is 6.42 Å². The summed E-state index contributed by atoms with van der Waals surface area (Å²) in [5.41, 5.74) is 6.03. The van der Waals surface area contributed by atoms with Crippen molar-refractivity contribution < 1.29 is 4.79 Å². The average Bonchev–Trinajstić information content (AvgIpc) is 1.88. The summed E-state index contributed by atoms with van der Waals surface area (Å²) in [4.78, 5) is 10.4. The third-order valence-electron chi connectivity index (χ3n) is 1.28. The first-order valence-electron chi connectivity index (χ1n) is 3.16. The lowest BCUT2D eigenvalue weighted by Gasteiger charge is -2.05. The van der Waals surface area contributed by atoms with Crippen LogP contribution in [0, 0.1) is 0 Å². The first-order chi connectivity index (χ1) is 4.79. The molecule has 0 saturated heterocycles. The molecule has 0 radical (unpaired) electrons. The molecular formula is C7H10N2O. The van der Waals surface area contributed by atoms with Crippen LogP contribution >= 0.6 is 0 Å². The predicted molar refractivity (Wildman–Crippen MR) is 38.8 cm³/mol. The van der Waals surface area contributed by atoms with E-state index in [-0.39, 0.29) is 5.91 Å². The third-order valence-corrected chi connectivity index (χ3v) is 1.28.